The number of nitrogens with one attached hydrogen (secondary N) is 1. The van der Waals surface area contributed by atoms with Crippen LogP contribution in [0.4, 0.5) is 0 Å². The van der Waals surface area contributed by atoms with Crippen LogP contribution in [0.3, 0.4) is 0 Å². The first-order valence-electron chi connectivity index (χ1n) is 6.80. The van der Waals surface area contributed by atoms with Crippen LogP contribution >= 0.6 is 0 Å². The molecule has 1 heterocycles. The largest absolute Gasteiger partial charge is 0.461 e. The van der Waals surface area contributed by atoms with Crippen LogP contribution in [0.2, 0.25) is 0 Å². The monoisotopic (exact) mass is 303 g/mol. The topological polar surface area (TPSA) is 120 Å². The summed E-state index contributed by atoms with van der Waals surface area (Å²) in [5.74, 6) is -0.669. The van der Waals surface area contributed by atoms with E-state index in [2.05, 4.69) is 16.5 Å². The second-order valence-electron chi connectivity index (χ2n) is 4.45. The Morgan fingerprint density at radius 1 is 1.36 bits per heavy atom. The fraction of sp³-hybridized carbons (Fsp3) is 0.267. The minimum Gasteiger partial charge on any atom is -0.461 e. The number of aromatic nitrogens is 2. The second kappa shape index (κ2) is 8.46. The van der Waals surface area contributed by atoms with Gasteiger partial charge in [-0.05, 0) is 19.4 Å². The van der Waals surface area contributed by atoms with Gasteiger partial charge in [0.25, 0.3) is 0 Å². The normalized spacial score (nSPS) is 11.0. The average molecular weight is 303 g/mol. The molecule has 0 bridgehead atoms. The van der Waals surface area contributed by atoms with Gasteiger partial charge in [0.1, 0.15) is 5.69 Å². The van der Waals surface area contributed by atoms with Crippen molar-refractivity contribution >= 4 is 11.9 Å². The van der Waals surface area contributed by atoms with Gasteiger partial charge in [-0.3, -0.25) is 5.41 Å². The minimum absolute atomic E-state index is 0.0492. The highest BCUT2D eigenvalue weighted by Crippen LogP contribution is 2.19. The molecular weight excluding hydrogens is 282 g/mol. The maximum atomic E-state index is 11.8. The number of guanidine groups is 1. The molecule has 0 radical (unpaired) electrons. The average Bonchev–Trinajstić information content (AvgIpc) is 2.96. The summed E-state index contributed by atoms with van der Waals surface area (Å²) in [6, 6.07) is 10.0. The number of benzene rings is 1. The molecule has 1 aromatic heterocycles. The molecule has 0 aliphatic carbocycles. The lowest BCUT2D eigenvalue weighted by Gasteiger charge is -2.16. The van der Waals surface area contributed by atoms with Crippen molar-refractivity contribution in [2.24, 2.45) is 11.5 Å². The maximum absolute atomic E-state index is 11.8. The van der Waals surface area contributed by atoms with Crippen LogP contribution in [0.15, 0.2) is 42.9 Å². The first-order valence-corrected chi connectivity index (χ1v) is 6.80. The van der Waals surface area contributed by atoms with Crippen molar-refractivity contribution in [1.29, 1.82) is 5.41 Å². The fourth-order valence-electron chi connectivity index (χ4n) is 1.87. The third-order valence-corrected chi connectivity index (χ3v) is 2.85. The maximum Gasteiger partial charge on any atom is 0.356 e. The van der Waals surface area contributed by atoms with E-state index in [4.69, 9.17) is 10.1 Å². The molecule has 7 heteroatoms. The number of esters is 1. The molecule has 1 aromatic carbocycles. The molecule has 0 aliphatic heterocycles. The first kappa shape index (κ1) is 17.2. The van der Waals surface area contributed by atoms with E-state index < -0.39 is 0 Å². The Morgan fingerprint density at radius 2 is 1.95 bits per heavy atom. The van der Waals surface area contributed by atoms with Crippen LogP contribution in [0.25, 0.3) is 0 Å². The third-order valence-electron chi connectivity index (χ3n) is 2.85. The Morgan fingerprint density at radius 3 is 2.50 bits per heavy atom. The molecule has 22 heavy (non-hydrogen) atoms. The predicted molar refractivity (Wildman–Crippen MR) is 84.5 cm³/mol. The van der Waals surface area contributed by atoms with Gasteiger partial charge in [-0.1, -0.05) is 30.3 Å². The zero-order valence-electron chi connectivity index (χ0n) is 12.7. The van der Waals surface area contributed by atoms with Crippen LogP contribution in [-0.2, 0) is 4.74 Å². The van der Waals surface area contributed by atoms with E-state index in [-0.39, 0.29) is 18.0 Å². The van der Waals surface area contributed by atoms with Crippen molar-refractivity contribution in [3.8, 4) is 0 Å². The molecular formula is C15H21N5O2. The van der Waals surface area contributed by atoms with E-state index in [0.717, 1.165) is 5.56 Å². The third kappa shape index (κ3) is 4.93. The highest BCUT2D eigenvalue weighted by molar-refractivity contribution is 5.87. The first-order chi connectivity index (χ1) is 10.5. The predicted octanol–water partition coefficient (Wildman–Crippen LogP) is 1.51. The molecule has 7 nitrogen and oxygen atoms in total. The molecule has 0 aliphatic rings. The number of carbonyl (C=O) groups is 1. The van der Waals surface area contributed by atoms with Gasteiger partial charge in [-0.25, -0.2) is 9.78 Å². The molecule has 0 saturated carbocycles. The van der Waals surface area contributed by atoms with E-state index in [9.17, 15) is 4.79 Å². The number of imidazole rings is 1. The lowest BCUT2D eigenvalue weighted by Crippen LogP contribution is -2.20. The van der Waals surface area contributed by atoms with Crippen LogP contribution in [0.1, 0.15) is 35.9 Å². The van der Waals surface area contributed by atoms with Gasteiger partial charge >= 0.3 is 5.97 Å². The van der Waals surface area contributed by atoms with E-state index in [1.807, 2.05) is 41.8 Å². The van der Waals surface area contributed by atoms with Crippen molar-refractivity contribution in [2.45, 2.75) is 19.9 Å². The summed E-state index contributed by atoms with van der Waals surface area (Å²) in [7, 11) is 0. The van der Waals surface area contributed by atoms with Gasteiger partial charge in [0.05, 0.1) is 25.2 Å². The summed E-state index contributed by atoms with van der Waals surface area (Å²) in [5.41, 5.74) is 10.6. The number of nitrogens with zero attached hydrogens (tertiary/aromatic N) is 2. The molecule has 0 amide bonds. The number of carbonyl (C=O) groups excluding carboxylic acids is 1. The van der Waals surface area contributed by atoms with Crippen molar-refractivity contribution in [3.63, 3.8) is 0 Å². The second-order valence-corrected chi connectivity index (χ2v) is 4.45. The van der Waals surface area contributed by atoms with E-state index in [1.165, 1.54) is 6.20 Å². The zero-order valence-corrected chi connectivity index (χ0v) is 12.7. The molecule has 5 N–H and O–H groups in total. The SMILES string of the molecule is CCOC(=O)c1cncn1C(C)c1ccccc1.N=C(N)N. The van der Waals surface area contributed by atoms with Crippen LogP contribution < -0.4 is 11.5 Å². The molecule has 0 fully saturated rings. The smallest absolute Gasteiger partial charge is 0.356 e. The molecule has 2 aromatic rings. The fourth-order valence-corrected chi connectivity index (χ4v) is 1.87. The zero-order chi connectivity index (χ0) is 16.5. The number of nitrogens with two attached hydrogens (primary N) is 2. The lowest BCUT2D eigenvalue weighted by molar-refractivity contribution is 0.0512. The lowest BCUT2D eigenvalue weighted by atomic mass is 10.1. The number of ether oxygens (including phenoxy) is 1. The number of rotatable bonds is 4. The Bertz CT molecular complexity index is 605. The van der Waals surface area contributed by atoms with Crippen LogP contribution in [0.5, 0.6) is 0 Å². The van der Waals surface area contributed by atoms with Crippen molar-refractivity contribution < 1.29 is 9.53 Å². The van der Waals surface area contributed by atoms with Crippen molar-refractivity contribution in [1.82, 2.24) is 9.55 Å². The Balaban J connectivity index is 0.000000541. The molecule has 1 unspecified atom stereocenters. The van der Waals surface area contributed by atoms with Crippen molar-refractivity contribution in [2.75, 3.05) is 6.61 Å². The van der Waals surface area contributed by atoms with Gasteiger partial charge in [0.2, 0.25) is 0 Å². The standard InChI is InChI=1S/C14H16N2O2.CH5N3/c1-3-18-14(17)13-9-15-10-16(13)11(2)12-7-5-4-6-8-12;2-1(3)4/h4-11H,3H2,1-2H3;(H5,2,3,4). The summed E-state index contributed by atoms with van der Waals surface area (Å²) < 4.78 is 6.84. The minimum atomic E-state index is -0.335. The van der Waals surface area contributed by atoms with Crippen LogP contribution in [0, 0.1) is 5.41 Å². The molecule has 0 spiro atoms. The van der Waals surface area contributed by atoms with Gasteiger partial charge in [-0.2, -0.15) is 0 Å². The Kier molecular flexibility index (Phi) is 6.62. The van der Waals surface area contributed by atoms with E-state index >= 15 is 0 Å². The van der Waals surface area contributed by atoms with E-state index in [0.29, 0.717) is 12.3 Å². The Labute approximate surface area is 129 Å². The Hall–Kier alpha value is -2.83. The van der Waals surface area contributed by atoms with Crippen LogP contribution in [-0.4, -0.2) is 28.1 Å². The molecule has 2 rings (SSSR count). The highest BCUT2D eigenvalue weighted by atomic mass is 16.5. The van der Waals surface area contributed by atoms with Crippen molar-refractivity contribution in [3.05, 3.63) is 54.1 Å². The number of hydrogen-bond acceptors (Lipinski definition) is 4. The summed E-state index contributed by atoms with van der Waals surface area (Å²) in [6.45, 7) is 4.18. The highest BCUT2D eigenvalue weighted by Gasteiger charge is 2.17. The molecule has 1 atom stereocenters. The quantitative estimate of drug-likeness (QED) is 0.449. The molecule has 0 saturated heterocycles. The summed E-state index contributed by atoms with van der Waals surface area (Å²) in [5, 5.41) is 6.06. The molecule has 118 valence electrons. The van der Waals surface area contributed by atoms with Gasteiger partial charge in [-0.15, -0.1) is 0 Å². The summed E-state index contributed by atoms with van der Waals surface area (Å²) in [6.07, 6.45) is 3.20. The summed E-state index contributed by atoms with van der Waals surface area (Å²) >= 11 is 0. The van der Waals surface area contributed by atoms with Gasteiger partial charge < -0.3 is 20.8 Å². The summed E-state index contributed by atoms with van der Waals surface area (Å²) in [4.78, 5) is 15.8. The van der Waals surface area contributed by atoms with Gasteiger partial charge in [0.15, 0.2) is 5.96 Å². The van der Waals surface area contributed by atoms with E-state index in [1.54, 1.807) is 13.3 Å². The number of hydrogen-bond donors (Lipinski definition) is 3. The van der Waals surface area contributed by atoms with Gasteiger partial charge in [0, 0.05) is 0 Å².